The third kappa shape index (κ3) is 3.07. The summed E-state index contributed by atoms with van der Waals surface area (Å²) in [5, 5.41) is 12.1. The van der Waals surface area contributed by atoms with Gasteiger partial charge in [-0.25, -0.2) is 4.39 Å². The highest BCUT2D eigenvalue weighted by molar-refractivity contribution is 8.00. The Hall–Kier alpha value is -1.27. The normalized spacial score (nSPS) is 24.9. The second kappa shape index (κ2) is 6.45. The number of nitrogens with zero attached hydrogens (tertiary/aromatic N) is 2. The lowest BCUT2D eigenvalue weighted by molar-refractivity contribution is 0.202. The fourth-order valence-corrected chi connectivity index (χ4v) is 3.55. The molecule has 0 radical (unpaired) electrons. The number of hydrogen-bond donors (Lipinski definition) is 2. The average Bonchev–Trinajstić information content (AvgIpc) is 2.45. The summed E-state index contributed by atoms with van der Waals surface area (Å²) in [6.07, 6.45) is 0. The summed E-state index contributed by atoms with van der Waals surface area (Å²) in [6, 6.07) is 5.41. The minimum atomic E-state index is -0.402. The molecule has 20 heavy (non-hydrogen) atoms. The van der Waals surface area contributed by atoms with Gasteiger partial charge in [0.1, 0.15) is 5.82 Å². The molecular weight excluding hydrogens is 277 g/mol. The van der Waals surface area contributed by atoms with Gasteiger partial charge in [0.2, 0.25) is 0 Å². The van der Waals surface area contributed by atoms with E-state index in [1.807, 2.05) is 11.8 Å². The van der Waals surface area contributed by atoms with Gasteiger partial charge in [-0.1, -0.05) is 24.2 Å². The van der Waals surface area contributed by atoms with Gasteiger partial charge in [-0.15, -0.1) is 0 Å². The fourth-order valence-electron chi connectivity index (χ4n) is 2.39. The van der Waals surface area contributed by atoms with Crippen LogP contribution >= 0.6 is 11.8 Å². The number of oxime groups is 1. The molecule has 1 aliphatic rings. The lowest BCUT2D eigenvalue weighted by Gasteiger charge is -2.37. The Morgan fingerprint density at radius 3 is 3.00 bits per heavy atom. The maximum atomic E-state index is 14.4. The van der Waals surface area contributed by atoms with Crippen molar-refractivity contribution in [2.24, 2.45) is 10.9 Å². The van der Waals surface area contributed by atoms with Gasteiger partial charge in [0.05, 0.1) is 5.56 Å². The molecule has 0 bridgehead atoms. The second-order valence-corrected chi connectivity index (χ2v) is 6.54. The summed E-state index contributed by atoms with van der Waals surface area (Å²) in [7, 11) is 0. The number of amidine groups is 1. The zero-order valence-electron chi connectivity index (χ0n) is 11.7. The first-order valence-corrected chi connectivity index (χ1v) is 7.70. The third-order valence-electron chi connectivity index (χ3n) is 3.85. The van der Waals surface area contributed by atoms with Crippen molar-refractivity contribution in [3.8, 4) is 0 Å². The number of benzene rings is 1. The standard InChI is InChI=1S/C14H20FN3OS/c1-9-10(2)20-7-6-18(9)8-11-4-3-5-12(13(11)15)14(16)17-19/h3-5,9-10,19H,6-8H2,1-2H3,(H2,16,17). The molecule has 1 saturated heterocycles. The van der Waals surface area contributed by atoms with Gasteiger partial charge in [0, 0.05) is 35.7 Å². The second-order valence-electron chi connectivity index (χ2n) is 5.05. The predicted octanol–water partition coefficient (Wildman–Crippen LogP) is 2.25. The largest absolute Gasteiger partial charge is 0.409 e. The van der Waals surface area contributed by atoms with E-state index in [4.69, 9.17) is 10.9 Å². The van der Waals surface area contributed by atoms with Crippen molar-refractivity contribution in [1.29, 1.82) is 0 Å². The number of nitrogens with two attached hydrogens (primary N) is 1. The van der Waals surface area contributed by atoms with Crippen LogP contribution in [0.4, 0.5) is 4.39 Å². The Kier molecular flexibility index (Phi) is 4.88. The molecule has 1 heterocycles. The van der Waals surface area contributed by atoms with Crippen molar-refractivity contribution >= 4 is 17.6 Å². The minimum absolute atomic E-state index is 0.150. The first-order chi connectivity index (χ1) is 9.54. The molecule has 2 unspecified atom stereocenters. The van der Waals surface area contributed by atoms with Crippen molar-refractivity contribution in [2.45, 2.75) is 31.7 Å². The van der Waals surface area contributed by atoms with Crippen molar-refractivity contribution in [3.63, 3.8) is 0 Å². The molecule has 0 aliphatic carbocycles. The lowest BCUT2D eigenvalue weighted by atomic mass is 10.1. The molecule has 1 aliphatic heterocycles. The van der Waals surface area contributed by atoms with Crippen molar-refractivity contribution in [3.05, 3.63) is 35.1 Å². The van der Waals surface area contributed by atoms with Gasteiger partial charge in [0.25, 0.3) is 0 Å². The Morgan fingerprint density at radius 2 is 2.30 bits per heavy atom. The van der Waals surface area contributed by atoms with Crippen LogP contribution in [0.3, 0.4) is 0 Å². The van der Waals surface area contributed by atoms with Crippen LogP contribution in [-0.2, 0) is 6.54 Å². The van der Waals surface area contributed by atoms with E-state index in [0.29, 0.717) is 23.4 Å². The minimum Gasteiger partial charge on any atom is -0.409 e. The summed E-state index contributed by atoms with van der Waals surface area (Å²) < 4.78 is 14.4. The summed E-state index contributed by atoms with van der Waals surface area (Å²) in [4.78, 5) is 2.27. The van der Waals surface area contributed by atoms with E-state index in [-0.39, 0.29) is 11.4 Å². The highest BCUT2D eigenvalue weighted by atomic mass is 32.2. The fraction of sp³-hybridized carbons (Fsp3) is 0.500. The van der Waals surface area contributed by atoms with E-state index in [2.05, 4.69) is 23.9 Å². The highest BCUT2D eigenvalue weighted by Gasteiger charge is 2.26. The molecule has 0 amide bonds. The number of halogens is 1. The molecule has 0 spiro atoms. The molecule has 2 atom stereocenters. The third-order valence-corrected chi connectivity index (χ3v) is 5.19. The number of thioether (sulfide) groups is 1. The van der Waals surface area contributed by atoms with E-state index < -0.39 is 5.82 Å². The van der Waals surface area contributed by atoms with E-state index in [1.54, 1.807) is 12.1 Å². The molecule has 6 heteroatoms. The van der Waals surface area contributed by atoms with Crippen LogP contribution in [0.1, 0.15) is 25.0 Å². The maximum Gasteiger partial charge on any atom is 0.173 e. The van der Waals surface area contributed by atoms with E-state index in [1.165, 1.54) is 6.07 Å². The van der Waals surface area contributed by atoms with Gasteiger partial charge < -0.3 is 10.9 Å². The molecule has 1 aromatic carbocycles. The lowest BCUT2D eigenvalue weighted by Crippen LogP contribution is -2.44. The zero-order valence-corrected chi connectivity index (χ0v) is 12.5. The Morgan fingerprint density at radius 1 is 1.55 bits per heavy atom. The van der Waals surface area contributed by atoms with E-state index >= 15 is 0 Å². The summed E-state index contributed by atoms with van der Waals surface area (Å²) in [5.74, 6) is 0.466. The smallest absolute Gasteiger partial charge is 0.173 e. The van der Waals surface area contributed by atoms with Crippen LogP contribution in [0.5, 0.6) is 0 Å². The SMILES string of the molecule is CC1SCCN(Cc2cccc(/C(N)=N/O)c2F)C1C. The Bertz CT molecular complexity index is 509. The van der Waals surface area contributed by atoms with Crippen LogP contribution in [0, 0.1) is 5.82 Å². The van der Waals surface area contributed by atoms with Crippen LogP contribution in [0.2, 0.25) is 0 Å². The van der Waals surface area contributed by atoms with Gasteiger partial charge in [0.15, 0.2) is 5.84 Å². The summed E-state index contributed by atoms with van der Waals surface area (Å²) in [6.45, 7) is 5.86. The summed E-state index contributed by atoms with van der Waals surface area (Å²) in [5.41, 5.74) is 6.22. The molecule has 3 N–H and O–H groups in total. The first kappa shape index (κ1) is 15.1. The van der Waals surface area contributed by atoms with Gasteiger partial charge >= 0.3 is 0 Å². The predicted molar refractivity (Wildman–Crippen MR) is 80.7 cm³/mol. The molecule has 0 aromatic heterocycles. The van der Waals surface area contributed by atoms with E-state index in [9.17, 15) is 4.39 Å². The summed E-state index contributed by atoms with van der Waals surface area (Å²) >= 11 is 1.95. The van der Waals surface area contributed by atoms with Crippen LogP contribution < -0.4 is 5.73 Å². The maximum absolute atomic E-state index is 14.4. The molecule has 110 valence electrons. The highest BCUT2D eigenvalue weighted by Crippen LogP contribution is 2.26. The first-order valence-electron chi connectivity index (χ1n) is 6.65. The van der Waals surface area contributed by atoms with Gasteiger partial charge in [-0.2, -0.15) is 11.8 Å². The Labute approximate surface area is 122 Å². The van der Waals surface area contributed by atoms with Crippen molar-refractivity contribution in [1.82, 2.24) is 4.90 Å². The quantitative estimate of drug-likeness (QED) is 0.389. The molecule has 4 nitrogen and oxygen atoms in total. The number of rotatable bonds is 3. The molecule has 1 aromatic rings. The molecule has 0 saturated carbocycles. The van der Waals surface area contributed by atoms with Crippen molar-refractivity contribution < 1.29 is 9.60 Å². The number of hydrogen-bond acceptors (Lipinski definition) is 4. The van der Waals surface area contributed by atoms with Gasteiger partial charge in [-0.05, 0) is 13.0 Å². The van der Waals surface area contributed by atoms with E-state index in [0.717, 1.165) is 12.3 Å². The van der Waals surface area contributed by atoms with Crippen molar-refractivity contribution in [2.75, 3.05) is 12.3 Å². The zero-order chi connectivity index (χ0) is 14.7. The van der Waals surface area contributed by atoms with Crippen LogP contribution in [0.15, 0.2) is 23.4 Å². The molecular formula is C14H20FN3OS. The average molecular weight is 297 g/mol. The van der Waals surface area contributed by atoms with Gasteiger partial charge in [-0.3, -0.25) is 4.90 Å². The Balaban J connectivity index is 2.21. The topological polar surface area (TPSA) is 61.8 Å². The van der Waals surface area contributed by atoms with Crippen LogP contribution in [-0.4, -0.2) is 39.5 Å². The molecule has 2 rings (SSSR count). The van der Waals surface area contributed by atoms with Crippen LogP contribution in [0.25, 0.3) is 0 Å². The molecule has 1 fully saturated rings. The monoisotopic (exact) mass is 297 g/mol.